The summed E-state index contributed by atoms with van der Waals surface area (Å²) in [5, 5.41) is 11.7. The molecule has 0 fully saturated rings. The van der Waals surface area contributed by atoms with Gasteiger partial charge in [-0.15, -0.1) is 0 Å². The van der Waals surface area contributed by atoms with Gasteiger partial charge < -0.3 is 19.2 Å². The van der Waals surface area contributed by atoms with Crippen LogP contribution in [0.3, 0.4) is 0 Å². The van der Waals surface area contributed by atoms with E-state index in [0.29, 0.717) is 28.4 Å². The number of methoxy groups -OCH3 is 2. The second-order valence-electron chi connectivity index (χ2n) is 11.3. The molecule has 0 saturated heterocycles. The van der Waals surface area contributed by atoms with E-state index in [1.807, 2.05) is 37.3 Å². The molecule has 8 nitrogen and oxygen atoms in total. The molecule has 0 radical (unpaired) electrons. The highest BCUT2D eigenvalue weighted by Gasteiger charge is 2.39. The van der Waals surface area contributed by atoms with Gasteiger partial charge in [0.05, 0.1) is 31.7 Å². The monoisotopic (exact) mass is 546 g/mol. The summed E-state index contributed by atoms with van der Waals surface area (Å²) in [6.07, 6.45) is -0.126. The fraction of sp³-hybridized carbons (Fsp3) is 0.367. The molecule has 9 heteroatoms. The lowest BCUT2D eigenvalue weighted by atomic mass is 10.0. The van der Waals surface area contributed by atoms with Crippen molar-refractivity contribution in [3.63, 3.8) is 0 Å². The van der Waals surface area contributed by atoms with Crippen molar-refractivity contribution in [3.8, 4) is 22.8 Å². The topological polar surface area (TPSA) is 98.4 Å². The number of pyridine rings is 1. The van der Waals surface area contributed by atoms with Gasteiger partial charge in [0.1, 0.15) is 11.5 Å². The highest BCUT2D eigenvalue weighted by Crippen LogP contribution is 2.40. The molecule has 0 spiro atoms. The Bertz CT molecular complexity index is 1480. The number of aromatic amines is 1. The fourth-order valence-electron chi connectivity index (χ4n) is 4.17. The van der Waals surface area contributed by atoms with Crippen molar-refractivity contribution < 1.29 is 18.7 Å². The van der Waals surface area contributed by atoms with Crippen molar-refractivity contribution >= 4 is 30.9 Å². The first-order chi connectivity index (χ1) is 18.3. The lowest BCUT2D eigenvalue weighted by Gasteiger charge is -2.38. The Morgan fingerprint density at radius 1 is 1.00 bits per heavy atom. The smallest absolute Gasteiger partial charge is 0.255 e. The van der Waals surface area contributed by atoms with E-state index < -0.39 is 8.32 Å². The molecule has 0 aliphatic heterocycles. The summed E-state index contributed by atoms with van der Waals surface area (Å²) >= 11 is 0. The number of nitrogens with one attached hydrogen (secondary N) is 2. The van der Waals surface area contributed by atoms with Gasteiger partial charge in [-0.3, -0.25) is 9.89 Å². The van der Waals surface area contributed by atoms with E-state index >= 15 is 0 Å². The lowest BCUT2D eigenvalue weighted by molar-refractivity contribution is 0.102. The van der Waals surface area contributed by atoms with Crippen molar-refractivity contribution in [1.82, 2.24) is 15.2 Å². The first-order valence-corrected chi connectivity index (χ1v) is 15.9. The Kier molecular flexibility index (Phi) is 7.86. The minimum atomic E-state index is -1.95. The first kappa shape index (κ1) is 28.3. The van der Waals surface area contributed by atoms with Crippen molar-refractivity contribution in [3.05, 3.63) is 65.4 Å². The van der Waals surface area contributed by atoms with Crippen LogP contribution in [-0.2, 0) is 4.43 Å². The summed E-state index contributed by atoms with van der Waals surface area (Å²) in [4.78, 5) is 17.9. The molecule has 4 rings (SSSR count). The second-order valence-corrected chi connectivity index (χ2v) is 16.1. The van der Waals surface area contributed by atoms with Gasteiger partial charge in [0, 0.05) is 28.3 Å². The molecule has 2 aromatic heterocycles. The average molecular weight is 547 g/mol. The van der Waals surface area contributed by atoms with Crippen LogP contribution in [0.2, 0.25) is 18.1 Å². The predicted molar refractivity (Wildman–Crippen MR) is 158 cm³/mol. The average Bonchev–Trinajstić information content (AvgIpc) is 3.32. The highest BCUT2D eigenvalue weighted by atomic mass is 28.4. The second kappa shape index (κ2) is 10.8. The zero-order valence-electron chi connectivity index (χ0n) is 24.2. The van der Waals surface area contributed by atoms with Crippen LogP contribution in [0.5, 0.6) is 11.5 Å². The minimum Gasteiger partial charge on any atom is -0.497 e. The van der Waals surface area contributed by atoms with E-state index in [9.17, 15) is 4.79 Å². The number of benzene rings is 2. The van der Waals surface area contributed by atoms with Gasteiger partial charge >= 0.3 is 0 Å². The maximum atomic E-state index is 13.0. The normalized spacial score (nSPS) is 12.8. The molecular weight excluding hydrogens is 508 g/mol. The number of fused-ring (bicyclic) bond motifs is 1. The molecule has 2 N–H and O–H groups in total. The van der Waals surface area contributed by atoms with E-state index in [-0.39, 0.29) is 17.0 Å². The third kappa shape index (κ3) is 5.99. The van der Waals surface area contributed by atoms with Crippen molar-refractivity contribution in [2.75, 3.05) is 19.5 Å². The number of carbonyl (C=O) groups excluding carboxylic acids is 1. The Balaban J connectivity index is 1.60. The van der Waals surface area contributed by atoms with Crippen molar-refractivity contribution in [2.24, 2.45) is 0 Å². The molecule has 2 aromatic carbocycles. The fourth-order valence-corrected chi connectivity index (χ4v) is 5.53. The molecule has 1 atom stereocenters. The SMILES string of the molecule is COc1cc(OC)cc(C(=O)Nc2ccc(C)c(-c3ccc4c(C(C)O[Si](C)(C)C(C)(C)C)[nH]nc4n3)c2)c1. The molecule has 0 bridgehead atoms. The van der Waals surface area contributed by atoms with Gasteiger partial charge in [-0.2, -0.15) is 5.10 Å². The number of rotatable bonds is 8. The number of amides is 1. The molecule has 2 heterocycles. The van der Waals surface area contributed by atoms with E-state index in [1.165, 1.54) is 0 Å². The molecule has 206 valence electrons. The standard InChI is InChI=1S/C30H38N4O4Si/c1-18-10-11-21(31-29(35)20-14-22(36-6)17-23(15-20)37-7)16-25(18)26-13-12-24-27(33-34-28(24)32-26)19(2)38-39(8,9)30(3,4)5/h10-17,19H,1-9H3,(H,31,35)(H,32,33,34). The third-order valence-electron chi connectivity index (χ3n) is 7.52. The molecule has 0 aliphatic rings. The number of hydrogen-bond acceptors (Lipinski definition) is 6. The van der Waals surface area contributed by atoms with Crippen molar-refractivity contribution in [2.45, 2.75) is 58.9 Å². The van der Waals surface area contributed by atoms with Crippen LogP contribution < -0.4 is 14.8 Å². The maximum absolute atomic E-state index is 13.0. The number of aromatic nitrogens is 3. The van der Waals surface area contributed by atoms with E-state index in [1.54, 1.807) is 32.4 Å². The van der Waals surface area contributed by atoms with Crippen LogP contribution in [0.1, 0.15) is 55.4 Å². The minimum absolute atomic E-state index is 0.110. The number of aryl methyl sites for hydroxylation is 1. The number of nitrogens with zero attached hydrogens (tertiary/aromatic N) is 2. The zero-order chi connectivity index (χ0) is 28.5. The van der Waals surface area contributed by atoms with Crippen molar-refractivity contribution in [1.29, 1.82) is 0 Å². The summed E-state index contributed by atoms with van der Waals surface area (Å²) in [7, 11) is 1.15. The quantitative estimate of drug-likeness (QED) is 0.225. The molecular formula is C30H38N4O4Si. The maximum Gasteiger partial charge on any atom is 0.255 e. The van der Waals surface area contributed by atoms with E-state index in [2.05, 4.69) is 56.3 Å². The number of hydrogen-bond donors (Lipinski definition) is 2. The Labute approximate surface area is 231 Å². The Hall–Kier alpha value is -3.69. The Morgan fingerprint density at radius 3 is 2.28 bits per heavy atom. The number of ether oxygens (including phenoxy) is 2. The molecule has 39 heavy (non-hydrogen) atoms. The van der Waals surface area contributed by atoms with Gasteiger partial charge in [-0.05, 0) is 73.9 Å². The largest absolute Gasteiger partial charge is 0.497 e. The third-order valence-corrected chi connectivity index (χ3v) is 12.1. The number of H-pyrrole nitrogens is 1. The van der Waals surface area contributed by atoms with Crippen LogP contribution in [0.15, 0.2) is 48.5 Å². The molecule has 1 unspecified atom stereocenters. The number of anilines is 1. The van der Waals surface area contributed by atoms with Gasteiger partial charge in [0.15, 0.2) is 14.0 Å². The molecule has 0 saturated carbocycles. The summed E-state index contributed by atoms with van der Waals surface area (Å²) in [5.74, 6) is 0.825. The number of carbonyl (C=O) groups is 1. The van der Waals surface area contributed by atoms with Crippen LogP contribution in [0, 0.1) is 6.92 Å². The summed E-state index contributed by atoms with van der Waals surface area (Å²) in [6, 6.07) is 14.9. The molecule has 4 aromatic rings. The van der Waals surface area contributed by atoms with Crippen LogP contribution in [0.4, 0.5) is 5.69 Å². The summed E-state index contributed by atoms with van der Waals surface area (Å²) in [6.45, 7) is 15.3. The van der Waals surface area contributed by atoms with Gasteiger partial charge in [0.2, 0.25) is 0 Å². The molecule has 0 aliphatic carbocycles. The highest BCUT2D eigenvalue weighted by molar-refractivity contribution is 6.74. The van der Waals surface area contributed by atoms with E-state index in [0.717, 1.165) is 27.9 Å². The van der Waals surface area contributed by atoms with Gasteiger partial charge in [-0.1, -0.05) is 26.8 Å². The van der Waals surface area contributed by atoms with Crippen LogP contribution in [0.25, 0.3) is 22.3 Å². The zero-order valence-corrected chi connectivity index (χ0v) is 25.2. The van der Waals surface area contributed by atoms with Crippen LogP contribution >= 0.6 is 0 Å². The summed E-state index contributed by atoms with van der Waals surface area (Å²) < 4.78 is 17.2. The first-order valence-electron chi connectivity index (χ1n) is 13.0. The van der Waals surface area contributed by atoms with E-state index in [4.69, 9.17) is 18.9 Å². The van der Waals surface area contributed by atoms with Gasteiger partial charge in [-0.25, -0.2) is 4.98 Å². The lowest BCUT2D eigenvalue weighted by Crippen LogP contribution is -2.41. The molecule has 1 amide bonds. The van der Waals surface area contributed by atoms with Gasteiger partial charge in [0.25, 0.3) is 5.91 Å². The predicted octanol–water partition coefficient (Wildman–Crippen LogP) is 7.29. The van der Waals surface area contributed by atoms with Crippen LogP contribution in [-0.4, -0.2) is 43.6 Å². The summed E-state index contributed by atoms with van der Waals surface area (Å²) in [5.41, 5.74) is 5.37. The Morgan fingerprint density at radius 2 is 1.67 bits per heavy atom.